The van der Waals surface area contributed by atoms with Crippen molar-refractivity contribution in [1.82, 2.24) is 20.4 Å². The predicted octanol–water partition coefficient (Wildman–Crippen LogP) is 2.91. The van der Waals surface area contributed by atoms with Gasteiger partial charge in [-0.25, -0.2) is 0 Å². The maximum Gasteiger partial charge on any atom is 0.416 e. The first kappa shape index (κ1) is 22.2. The number of nitrogens with one attached hydrogen (secondary N) is 1. The number of anilines is 1. The van der Waals surface area contributed by atoms with Gasteiger partial charge in [0.1, 0.15) is 0 Å². The summed E-state index contributed by atoms with van der Waals surface area (Å²) in [6.45, 7) is 4.58. The van der Waals surface area contributed by atoms with E-state index < -0.39 is 11.7 Å². The van der Waals surface area contributed by atoms with Gasteiger partial charge < -0.3 is 19.6 Å². The minimum atomic E-state index is -4.34. The lowest BCUT2D eigenvalue weighted by Crippen LogP contribution is -2.52. The molecule has 1 aromatic carbocycles. The Labute approximate surface area is 178 Å². The van der Waals surface area contributed by atoms with Crippen LogP contribution in [0.25, 0.3) is 0 Å². The molecule has 2 heterocycles. The molecule has 1 fully saturated rings. The normalized spacial score (nSPS) is 15.4. The number of halogens is 4. The van der Waals surface area contributed by atoms with Gasteiger partial charge in [-0.2, -0.15) is 18.2 Å². The summed E-state index contributed by atoms with van der Waals surface area (Å²) in [5, 5.41) is 6.90. The van der Waals surface area contributed by atoms with Gasteiger partial charge >= 0.3 is 6.18 Å². The van der Waals surface area contributed by atoms with Crippen LogP contribution in [0, 0.1) is 6.92 Å². The number of rotatable bonds is 3. The summed E-state index contributed by atoms with van der Waals surface area (Å²) in [6.07, 6.45) is -4.34. The Morgan fingerprint density at radius 2 is 1.96 bits per heavy atom. The molecule has 0 aliphatic carbocycles. The summed E-state index contributed by atoms with van der Waals surface area (Å²) in [6, 6.07) is 5.43. The van der Waals surface area contributed by atoms with E-state index in [9.17, 15) is 13.2 Å². The smallest absolute Gasteiger partial charge is 0.368 e. The number of hydrogen-bond acceptors (Lipinski definition) is 5. The molecule has 154 valence electrons. The summed E-state index contributed by atoms with van der Waals surface area (Å²) in [5.41, 5.74) is -0.0523. The number of hydrogen-bond donors (Lipinski definition) is 1. The van der Waals surface area contributed by atoms with Crippen molar-refractivity contribution >= 4 is 35.6 Å². The minimum Gasteiger partial charge on any atom is -0.368 e. The van der Waals surface area contributed by atoms with Crippen LogP contribution in [0.15, 0.2) is 33.8 Å². The highest BCUT2D eigenvalue weighted by molar-refractivity contribution is 14.0. The van der Waals surface area contributed by atoms with Crippen molar-refractivity contribution in [1.29, 1.82) is 0 Å². The molecule has 0 spiro atoms. The molecule has 1 aliphatic heterocycles. The number of aliphatic imine (C=N–C) groups is 1. The standard InChI is InChI=1S/C17H21F3N6O.HI/c1-12-23-15(27-24-12)11-22-16(21-2)26-8-6-25(7-9-26)14-5-3-4-13(10-14)17(18,19)20;/h3-5,10H,6-9,11H2,1-2H3,(H,21,22);1H. The Hall–Kier alpha value is -2.05. The molecule has 1 aromatic heterocycles. The van der Waals surface area contributed by atoms with E-state index in [0.717, 1.165) is 6.07 Å². The van der Waals surface area contributed by atoms with E-state index in [1.807, 2.05) is 9.80 Å². The first-order valence-corrected chi connectivity index (χ1v) is 8.54. The Morgan fingerprint density at radius 3 is 2.54 bits per heavy atom. The van der Waals surface area contributed by atoms with Crippen LogP contribution in [-0.4, -0.2) is 54.2 Å². The van der Waals surface area contributed by atoms with Crippen molar-refractivity contribution in [3.05, 3.63) is 41.5 Å². The molecule has 1 N–H and O–H groups in total. The lowest BCUT2D eigenvalue weighted by Gasteiger charge is -2.37. The van der Waals surface area contributed by atoms with E-state index in [1.165, 1.54) is 12.1 Å². The van der Waals surface area contributed by atoms with Crippen LogP contribution in [0.3, 0.4) is 0 Å². The molecule has 1 aliphatic rings. The molecule has 3 rings (SSSR count). The molecule has 0 saturated carbocycles. The number of benzene rings is 1. The quantitative estimate of drug-likeness (QED) is 0.389. The summed E-state index contributed by atoms with van der Waals surface area (Å²) < 4.78 is 43.8. The Kier molecular flexibility index (Phi) is 7.49. The van der Waals surface area contributed by atoms with Gasteiger partial charge in [0.05, 0.1) is 12.1 Å². The fraction of sp³-hybridized carbons (Fsp3) is 0.471. The van der Waals surface area contributed by atoms with Gasteiger partial charge in [-0.15, -0.1) is 24.0 Å². The molecule has 0 unspecified atom stereocenters. The average molecular weight is 510 g/mol. The highest BCUT2D eigenvalue weighted by Gasteiger charge is 2.31. The Balaban J connectivity index is 0.00000280. The third-order valence-electron chi connectivity index (χ3n) is 4.30. The SMILES string of the molecule is CN=C(NCc1nc(C)no1)N1CCN(c2cccc(C(F)(F)F)c2)CC1.I. The Bertz CT molecular complexity index is 802. The average Bonchev–Trinajstić information content (AvgIpc) is 3.07. The van der Waals surface area contributed by atoms with E-state index in [4.69, 9.17) is 4.52 Å². The van der Waals surface area contributed by atoms with Crippen molar-refractivity contribution in [2.75, 3.05) is 38.1 Å². The van der Waals surface area contributed by atoms with Gasteiger partial charge in [0.25, 0.3) is 0 Å². The third kappa shape index (κ3) is 5.49. The molecular formula is C17H22F3IN6O. The van der Waals surface area contributed by atoms with Gasteiger partial charge in [-0.05, 0) is 25.1 Å². The van der Waals surface area contributed by atoms with Crippen LogP contribution in [0.1, 0.15) is 17.3 Å². The summed E-state index contributed by atoms with van der Waals surface area (Å²) in [4.78, 5) is 12.4. The molecule has 7 nitrogen and oxygen atoms in total. The number of piperazine rings is 1. The molecular weight excluding hydrogens is 488 g/mol. The second kappa shape index (κ2) is 9.43. The van der Waals surface area contributed by atoms with Crippen LogP contribution in [0.4, 0.5) is 18.9 Å². The van der Waals surface area contributed by atoms with E-state index in [-0.39, 0.29) is 24.0 Å². The zero-order chi connectivity index (χ0) is 19.4. The van der Waals surface area contributed by atoms with Crippen molar-refractivity contribution in [2.24, 2.45) is 4.99 Å². The second-order valence-corrected chi connectivity index (χ2v) is 6.16. The Morgan fingerprint density at radius 1 is 1.25 bits per heavy atom. The van der Waals surface area contributed by atoms with Crippen LogP contribution < -0.4 is 10.2 Å². The van der Waals surface area contributed by atoms with Crippen molar-refractivity contribution in [2.45, 2.75) is 19.6 Å². The highest BCUT2D eigenvalue weighted by Crippen LogP contribution is 2.31. The number of guanidine groups is 1. The van der Waals surface area contributed by atoms with Gasteiger partial charge in [-0.3, -0.25) is 4.99 Å². The first-order valence-electron chi connectivity index (χ1n) is 8.54. The van der Waals surface area contributed by atoms with E-state index in [1.54, 1.807) is 20.0 Å². The molecule has 0 radical (unpaired) electrons. The molecule has 2 aromatic rings. The fourth-order valence-electron chi connectivity index (χ4n) is 2.95. The van der Waals surface area contributed by atoms with Crippen LogP contribution in [0.2, 0.25) is 0 Å². The largest absolute Gasteiger partial charge is 0.416 e. The minimum absolute atomic E-state index is 0. The molecule has 28 heavy (non-hydrogen) atoms. The van der Waals surface area contributed by atoms with E-state index in [2.05, 4.69) is 20.4 Å². The monoisotopic (exact) mass is 510 g/mol. The summed E-state index contributed by atoms with van der Waals surface area (Å²) in [7, 11) is 1.68. The van der Waals surface area contributed by atoms with E-state index in [0.29, 0.717) is 56.1 Å². The van der Waals surface area contributed by atoms with Crippen molar-refractivity contribution in [3.8, 4) is 0 Å². The number of nitrogens with zero attached hydrogens (tertiary/aromatic N) is 5. The number of aromatic nitrogens is 2. The topological polar surface area (TPSA) is 69.8 Å². The lowest BCUT2D eigenvalue weighted by molar-refractivity contribution is -0.137. The maximum atomic E-state index is 12.9. The zero-order valence-corrected chi connectivity index (χ0v) is 17.9. The fourth-order valence-corrected chi connectivity index (χ4v) is 2.95. The number of alkyl halides is 3. The third-order valence-corrected chi connectivity index (χ3v) is 4.30. The van der Waals surface area contributed by atoms with Gasteiger partial charge in [-0.1, -0.05) is 11.2 Å². The van der Waals surface area contributed by atoms with Gasteiger partial charge in [0.2, 0.25) is 5.89 Å². The van der Waals surface area contributed by atoms with Crippen LogP contribution in [-0.2, 0) is 12.7 Å². The second-order valence-electron chi connectivity index (χ2n) is 6.16. The van der Waals surface area contributed by atoms with E-state index >= 15 is 0 Å². The van der Waals surface area contributed by atoms with Gasteiger partial charge in [0, 0.05) is 38.9 Å². The lowest BCUT2D eigenvalue weighted by atomic mass is 10.1. The molecule has 0 atom stereocenters. The predicted molar refractivity (Wildman–Crippen MR) is 110 cm³/mol. The van der Waals surface area contributed by atoms with Crippen molar-refractivity contribution < 1.29 is 17.7 Å². The summed E-state index contributed by atoms with van der Waals surface area (Å²) in [5.74, 6) is 1.72. The molecule has 0 amide bonds. The van der Waals surface area contributed by atoms with Crippen molar-refractivity contribution in [3.63, 3.8) is 0 Å². The highest BCUT2D eigenvalue weighted by atomic mass is 127. The van der Waals surface area contributed by atoms with Crippen LogP contribution >= 0.6 is 24.0 Å². The van der Waals surface area contributed by atoms with Gasteiger partial charge in [0.15, 0.2) is 11.8 Å². The van der Waals surface area contributed by atoms with Crippen LogP contribution in [0.5, 0.6) is 0 Å². The molecule has 11 heteroatoms. The molecule has 1 saturated heterocycles. The summed E-state index contributed by atoms with van der Waals surface area (Å²) >= 11 is 0. The first-order chi connectivity index (χ1) is 12.9. The maximum absolute atomic E-state index is 12.9. The molecule has 0 bridgehead atoms. The zero-order valence-electron chi connectivity index (χ0n) is 15.5. The number of aryl methyl sites for hydroxylation is 1.